The molecule has 142 valence electrons. The molecule has 1 amide bonds. The normalized spacial score (nSPS) is 15.7. The summed E-state index contributed by atoms with van der Waals surface area (Å²) in [5, 5.41) is 2.73. The number of rotatable bonds is 8. The number of halogens is 1. The highest BCUT2D eigenvalue weighted by atomic mass is 127. The number of hydrogen-bond donors (Lipinski definition) is 1. The molecule has 6 nitrogen and oxygen atoms in total. The third kappa shape index (κ3) is 6.42. The Morgan fingerprint density at radius 1 is 1.11 bits per heavy atom. The third-order valence-electron chi connectivity index (χ3n) is 3.98. The molecule has 0 bridgehead atoms. The van der Waals surface area contributed by atoms with Crippen molar-refractivity contribution in [1.29, 1.82) is 0 Å². The molecule has 0 aliphatic carbocycles. The fourth-order valence-corrected chi connectivity index (χ4v) is 2.99. The Bertz CT molecular complexity index is 776. The largest absolute Gasteiger partial charge is 0.494 e. The molecule has 0 radical (unpaired) electrons. The molecule has 0 spiro atoms. The van der Waals surface area contributed by atoms with Gasteiger partial charge in [0, 0.05) is 9.99 Å². The molecule has 2 aromatic rings. The molecule has 0 saturated carbocycles. The summed E-state index contributed by atoms with van der Waals surface area (Å²) in [6, 6.07) is 15.0. The van der Waals surface area contributed by atoms with E-state index in [0.717, 1.165) is 14.9 Å². The number of esters is 1. The summed E-state index contributed by atoms with van der Waals surface area (Å²) >= 11 is 2.24. The molecule has 1 atom stereocenters. The second-order valence-electron chi connectivity index (χ2n) is 6.17. The summed E-state index contributed by atoms with van der Waals surface area (Å²) in [6.07, 6.45) is 1.18. The van der Waals surface area contributed by atoms with Gasteiger partial charge in [-0.3, -0.25) is 4.79 Å². The van der Waals surface area contributed by atoms with Crippen LogP contribution in [0.4, 0.5) is 4.79 Å². The highest BCUT2D eigenvalue weighted by Crippen LogP contribution is 2.16. The summed E-state index contributed by atoms with van der Waals surface area (Å²) in [5.74, 6) is 1.02. The zero-order chi connectivity index (χ0) is 19.1. The molecule has 3 rings (SSSR count). The van der Waals surface area contributed by atoms with E-state index in [1.807, 2.05) is 36.4 Å². The molecule has 2 aromatic carbocycles. The minimum absolute atomic E-state index is 0.0148. The maximum atomic E-state index is 11.9. The van der Waals surface area contributed by atoms with Gasteiger partial charge < -0.3 is 19.5 Å². The summed E-state index contributed by atoms with van der Waals surface area (Å²) in [6.45, 7) is 0.837. The number of benzene rings is 2. The topological polar surface area (TPSA) is 73.9 Å². The van der Waals surface area contributed by atoms with Crippen molar-refractivity contribution in [2.75, 3.05) is 13.2 Å². The molecule has 1 saturated heterocycles. The predicted molar refractivity (Wildman–Crippen MR) is 108 cm³/mol. The van der Waals surface area contributed by atoms with E-state index in [9.17, 15) is 9.59 Å². The van der Waals surface area contributed by atoms with Crippen LogP contribution in [-0.2, 0) is 16.0 Å². The fraction of sp³-hybridized carbons (Fsp3) is 0.300. The van der Waals surface area contributed by atoms with Crippen LogP contribution in [0.1, 0.15) is 18.4 Å². The van der Waals surface area contributed by atoms with Gasteiger partial charge in [-0.25, -0.2) is 4.79 Å². The maximum absolute atomic E-state index is 11.9. The number of carbonyl (C=O) groups excluding carboxylic acids is 2. The smallest absolute Gasteiger partial charge is 0.407 e. The molecule has 27 heavy (non-hydrogen) atoms. The van der Waals surface area contributed by atoms with Crippen LogP contribution in [0.25, 0.3) is 0 Å². The number of nitrogens with one attached hydrogen (secondary N) is 1. The molecular weight excluding hydrogens is 461 g/mol. The van der Waals surface area contributed by atoms with Crippen LogP contribution in [0.3, 0.4) is 0 Å². The Morgan fingerprint density at radius 2 is 1.81 bits per heavy atom. The molecule has 1 aliphatic heterocycles. The number of alkyl carbamates (subject to hydrolysis) is 1. The van der Waals surface area contributed by atoms with Gasteiger partial charge in [-0.05, 0) is 77.4 Å². The lowest BCUT2D eigenvalue weighted by Crippen LogP contribution is -2.28. The van der Waals surface area contributed by atoms with Gasteiger partial charge in [-0.2, -0.15) is 0 Å². The number of hydrogen-bond acceptors (Lipinski definition) is 5. The van der Waals surface area contributed by atoms with Crippen molar-refractivity contribution in [1.82, 2.24) is 5.32 Å². The molecule has 1 N–H and O–H groups in total. The number of cyclic esters (lactones) is 1. The Morgan fingerprint density at radius 3 is 2.48 bits per heavy atom. The summed E-state index contributed by atoms with van der Waals surface area (Å²) < 4.78 is 16.9. The number of carbonyl (C=O) groups is 2. The Hall–Kier alpha value is -2.29. The van der Waals surface area contributed by atoms with Crippen LogP contribution in [0.5, 0.6) is 11.5 Å². The van der Waals surface area contributed by atoms with Gasteiger partial charge >= 0.3 is 12.1 Å². The van der Waals surface area contributed by atoms with E-state index in [0.29, 0.717) is 31.8 Å². The van der Waals surface area contributed by atoms with Gasteiger partial charge in [0.05, 0.1) is 12.6 Å². The predicted octanol–water partition coefficient (Wildman–Crippen LogP) is 3.71. The van der Waals surface area contributed by atoms with Crippen molar-refractivity contribution in [2.24, 2.45) is 0 Å². The van der Waals surface area contributed by atoms with Crippen molar-refractivity contribution in [3.63, 3.8) is 0 Å². The molecule has 1 fully saturated rings. The second kappa shape index (κ2) is 9.59. The fourth-order valence-electron chi connectivity index (χ4n) is 2.63. The Kier molecular flexibility index (Phi) is 6.92. The van der Waals surface area contributed by atoms with Crippen LogP contribution in [0.15, 0.2) is 48.5 Å². The molecule has 0 unspecified atom stereocenters. The van der Waals surface area contributed by atoms with E-state index in [1.54, 1.807) is 12.1 Å². The molecule has 7 heteroatoms. The lowest BCUT2D eigenvalue weighted by Gasteiger charge is -2.09. The van der Waals surface area contributed by atoms with Gasteiger partial charge in [0.1, 0.15) is 18.1 Å². The molecular formula is C20H20INO5. The van der Waals surface area contributed by atoms with E-state index in [4.69, 9.17) is 14.2 Å². The molecule has 1 heterocycles. The van der Waals surface area contributed by atoms with E-state index < -0.39 is 0 Å². The van der Waals surface area contributed by atoms with E-state index >= 15 is 0 Å². The Labute approximate surface area is 171 Å². The van der Waals surface area contributed by atoms with Crippen molar-refractivity contribution in [2.45, 2.75) is 25.3 Å². The number of amides is 1. The van der Waals surface area contributed by atoms with Crippen LogP contribution in [-0.4, -0.2) is 31.3 Å². The van der Waals surface area contributed by atoms with Crippen LogP contribution in [0.2, 0.25) is 0 Å². The standard InChI is InChI=1S/C20H20INO5/c21-15-5-9-17(10-6-15)25-11-1-2-19(23)27-18-7-3-14(4-8-18)12-16-13-26-20(24)22-16/h3-10,16H,1-2,11-13H2,(H,22,24)/t16-/m0/s1. The lowest BCUT2D eigenvalue weighted by atomic mass is 10.1. The van der Waals surface area contributed by atoms with Crippen LogP contribution in [0, 0.1) is 3.57 Å². The second-order valence-corrected chi connectivity index (χ2v) is 7.41. The van der Waals surface area contributed by atoms with Crippen molar-refractivity contribution < 1.29 is 23.8 Å². The van der Waals surface area contributed by atoms with Gasteiger partial charge in [-0.15, -0.1) is 0 Å². The molecule has 0 aromatic heterocycles. The van der Waals surface area contributed by atoms with Crippen molar-refractivity contribution >= 4 is 34.7 Å². The van der Waals surface area contributed by atoms with Crippen LogP contribution >= 0.6 is 22.6 Å². The van der Waals surface area contributed by atoms with Crippen molar-refractivity contribution in [3.05, 3.63) is 57.7 Å². The quantitative estimate of drug-likeness (QED) is 0.270. The minimum Gasteiger partial charge on any atom is -0.494 e. The van der Waals surface area contributed by atoms with E-state index in [-0.39, 0.29) is 24.5 Å². The van der Waals surface area contributed by atoms with E-state index in [2.05, 4.69) is 27.9 Å². The van der Waals surface area contributed by atoms with Gasteiger partial charge in [0.25, 0.3) is 0 Å². The first-order valence-electron chi connectivity index (χ1n) is 8.70. The first kappa shape index (κ1) is 19.5. The average Bonchev–Trinajstić information content (AvgIpc) is 3.07. The Balaban J connectivity index is 1.36. The summed E-state index contributed by atoms with van der Waals surface area (Å²) in [7, 11) is 0. The first-order chi connectivity index (χ1) is 13.1. The summed E-state index contributed by atoms with van der Waals surface area (Å²) in [5.41, 5.74) is 1.04. The zero-order valence-electron chi connectivity index (χ0n) is 14.7. The highest BCUT2D eigenvalue weighted by molar-refractivity contribution is 14.1. The monoisotopic (exact) mass is 481 g/mol. The number of ether oxygens (including phenoxy) is 3. The SMILES string of the molecule is O=C(CCCOc1ccc(I)cc1)Oc1ccc(C[C@H]2COC(=O)N2)cc1. The van der Waals surface area contributed by atoms with Gasteiger partial charge in [-0.1, -0.05) is 12.1 Å². The third-order valence-corrected chi connectivity index (χ3v) is 4.70. The maximum Gasteiger partial charge on any atom is 0.407 e. The zero-order valence-corrected chi connectivity index (χ0v) is 16.8. The highest BCUT2D eigenvalue weighted by Gasteiger charge is 2.22. The molecule has 1 aliphatic rings. The van der Waals surface area contributed by atoms with Crippen molar-refractivity contribution in [3.8, 4) is 11.5 Å². The average molecular weight is 481 g/mol. The lowest BCUT2D eigenvalue weighted by molar-refractivity contribution is -0.134. The van der Waals surface area contributed by atoms with Gasteiger partial charge in [0.2, 0.25) is 0 Å². The van der Waals surface area contributed by atoms with Gasteiger partial charge in [0.15, 0.2) is 0 Å². The first-order valence-corrected chi connectivity index (χ1v) is 9.77. The van der Waals surface area contributed by atoms with Crippen LogP contribution < -0.4 is 14.8 Å². The minimum atomic E-state index is -0.378. The summed E-state index contributed by atoms with van der Waals surface area (Å²) in [4.78, 5) is 22.9. The van der Waals surface area contributed by atoms with E-state index in [1.165, 1.54) is 0 Å².